The Labute approximate surface area is 114 Å². The van der Waals surface area contributed by atoms with Gasteiger partial charge in [0, 0.05) is 11.9 Å². The average molecular weight is 302 g/mol. The fourth-order valence-corrected chi connectivity index (χ4v) is 2.82. The van der Waals surface area contributed by atoms with E-state index in [1.165, 1.54) is 12.3 Å². The Morgan fingerprint density at radius 1 is 1.32 bits per heavy atom. The molecule has 0 aliphatic heterocycles. The quantitative estimate of drug-likeness (QED) is 0.852. The van der Waals surface area contributed by atoms with Gasteiger partial charge < -0.3 is 5.73 Å². The number of nitrogen functional groups attached to an aromatic ring is 1. The predicted molar refractivity (Wildman–Crippen MR) is 70.9 cm³/mol. The van der Waals surface area contributed by atoms with Gasteiger partial charge in [0.2, 0.25) is 0 Å². The van der Waals surface area contributed by atoms with E-state index in [1.54, 1.807) is 12.1 Å². The Morgan fingerprint density at radius 2 is 2.05 bits per heavy atom. The molecule has 0 bridgehead atoms. The highest BCUT2D eigenvalue weighted by Crippen LogP contribution is 2.26. The minimum Gasteiger partial charge on any atom is -0.399 e. The van der Waals surface area contributed by atoms with E-state index in [2.05, 4.69) is 9.71 Å². The second-order valence-electron chi connectivity index (χ2n) is 3.64. The molecule has 0 unspecified atom stereocenters. The van der Waals surface area contributed by atoms with Crippen LogP contribution in [0.15, 0.2) is 41.4 Å². The van der Waals surface area contributed by atoms with Gasteiger partial charge in [0.15, 0.2) is 5.82 Å². The topological polar surface area (TPSA) is 85.1 Å². The fraction of sp³-hybridized carbons (Fsp3) is 0. The summed E-state index contributed by atoms with van der Waals surface area (Å²) in [6.07, 6.45) is 1.40. The minimum absolute atomic E-state index is 0.0489. The van der Waals surface area contributed by atoms with Gasteiger partial charge >= 0.3 is 0 Å². The van der Waals surface area contributed by atoms with Crippen LogP contribution in [-0.2, 0) is 10.0 Å². The molecule has 0 radical (unpaired) electrons. The monoisotopic (exact) mass is 301 g/mol. The van der Waals surface area contributed by atoms with Crippen molar-refractivity contribution in [2.45, 2.75) is 4.90 Å². The lowest BCUT2D eigenvalue weighted by Crippen LogP contribution is -2.16. The normalized spacial score (nSPS) is 11.3. The van der Waals surface area contributed by atoms with Gasteiger partial charge in [-0.25, -0.2) is 17.8 Å². The molecule has 0 saturated heterocycles. The molecule has 0 spiro atoms. The number of sulfonamides is 1. The molecule has 1 aromatic carbocycles. The minimum atomic E-state index is -4.14. The molecule has 1 heterocycles. The summed E-state index contributed by atoms with van der Waals surface area (Å²) < 4.78 is 39.9. The van der Waals surface area contributed by atoms with Gasteiger partial charge in [-0.05, 0) is 24.3 Å². The molecule has 1 aromatic heterocycles. The van der Waals surface area contributed by atoms with Crippen molar-refractivity contribution in [2.75, 3.05) is 10.5 Å². The SMILES string of the molecule is Nc1cc(Cl)c(F)c(S(=O)(=O)Nc2ccccn2)c1. The molecular weight excluding hydrogens is 293 g/mol. The lowest BCUT2D eigenvalue weighted by Gasteiger charge is -2.09. The standard InChI is InChI=1S/C11H9ClFN3O2S/c12-8-5-7(14)6-9(11(8)13)19(17,18)16-10-3-1-2-4-15-10/h1-6H,14H2,(H,15,16). The molecule has 0 fully saturated rings. The van der Waals surface area contributed by atoms with Crippen LogP contribution in [0.5, 0.6) is 0 Å². The molecule has 19 heavy (non-hydrogen) atoms. The second kappa shape index (κ2) is 5.02. The van der Waals surface area contributed by atoms with E-state index in [9.17, 15) is 12.8 Å². The van der Waals surface area contributed by atoms with E-state index < -0.39 is 20.7 Å². The van der Waals surface area contributed by atoms with Crippen molar-refractivity contribution >= 4 is 33.1 Å². The van der Waals surface area contributed by atoms with Crippen molar-refractivity contribution in [2.24, 2.45) is 0 Å². The van der Waals surface area contributed by atoms with Crippen LogP contribution in [0.25, 0.3) is 0 Å². The van der Waals surface area contributed by atoms with Crippen LogP contribution in [0.2, 0.25) is 5.02 Å². The highest BCUT2D eigenvalue weighted by molar-refractivity contribution is 7.92. The van der Waals surface area contributed by atoms with E-state index in [-0.39, 0.29) is 16.5 Å². The van der Waals surface area contributed by atoms with Gasteiger partial charge in [0.05, 0.1) is 5.02 Å². The highest BCUT2D eigenvalue weighted by Gasteiger charge is 2.22. The molecule has 5 nitrogen and oxygen atoms in total. The van der Waals surface area contributed by atoms with Crippen molar-refractivity contribution in [3.63, 3.8) is 0 Å². The molecule has 0 amide bonds. The number of hydrogen-bond acceptors (Lipinski definition) is 4. The van der Waals surface area contributed by atoms with Crippen LogP contribution < -0.4 is 10.5 Å². The summed E-state index contributed by atoms with van der Waals surface area (Å²) in [6.45, 7) is 0. The van der Waals surface area contributed by atoms with Crippen molar-refractivity contribution in [1.29, 1.82) is 0 Å². The van der Waals surface area contributed by atoms with Gasteiger partial charge in [0.1, 0.15) is 10.7 Å². The summed E-state index contributed by atoms with van der Waals surface area (Å²) >= 11 is 5.57. The summed E-state index contributed by atoms with van der Waals surface area (Å²) in [5, 5.41) is -0.360. The Balaban J connectivity index is 2.46. The van der Waals surface area contributed by atoms with Crippen LogP contribution in [0.4, 0.5) is 15.9 Å². The van der Waals surface area contributed by atoms with Gasteiger partial charge in [-0.2, -0.15) is 0 Å². The first-order valence-corrected chi connectivity index (χ1v) is 6.94. The third-order valence-electron chi connectivity index (χ3n) is 2.21. The van der Waals surface area contributed by atoms with Crippen LogP contribution in [0.1, 0.15) is 0 Å². The number of anilines is 2. The predicted octanol–water partition coefficient (Wildman–Crippen LogP) is 2.26. The molecule has 0 saturated carbocycles. The molecular formula is C11H9ClFN3O2S. The largest absolute Gasteiger partial charge is 0.399 e. The zero-order valence-corrected chi connectivity index (χ0v) is 11.0. The Kier molecular flexibility index (Phi) is 3.59. The first-order chi connectivity index (χ1) is 8.90. The van der Waals surface area contributed by atoms with Crippen molar-refractivity contribution in [3.05, 3.63) is 47.4 Å². The van der Waals surface area contributed by atoms with E-state index in [4.69, 9.17) is 17.3 Å². The number of benzene rings is 1. The average Bonchev–Trinajstić information content (AvgIpc) is 2.34. The van der Waals surface area contributed by atoms with Gasteiger partial charge in [0.25, 0.3) is 10.0 Å². The van der Waals surface area contributed by atoms with Crippen LogP contribution in [-0.4, -0.2) is 13.4 Å². The van der Waals surface area contributed by atoms with Crippen molar-refractivity contribution < 1.29 is 12.8 Å². The Morgan fingerprint density at radius 3 is 2.68 bits per heavy atom. The Bertz CT molecular complexity index is 707. The number of rotatable bonds is 3. The molecule has 2 rings (SSSR count). The van der Waals surface area contributed by atoms with E-state index in [0.29, 0.717) is 0 Å². The van der Waals surface area contributed by atoms with Crippen LogP contribution in [0, 0.1) is 5.82 Å². The summed E-state index contributed by atoms with van der Waals surface area (Å²) in [7, 11) is -4.14. The van der Waals surface area contributed by atoms with E-state index >= 15 is 0 Å². The van der Waals surface area contributed by atoms with E-state index in [0.717, 1.165) is 12.1 Å². The number of halogens is 2. The van der Waals surface area contributed by atoms with Crippen LogP contribution >= 0.6 is 11.6 Å². The second-order valence-corrected chi connectivity index (χ2v) is 5.69. The third kappa shape index (κ3) is 2.94. The lowest BCUT2D eigenvalue weighted by atomic mass is 10.3. The first-order valence-electron chi connectivity index (χ1n) is 5.08. The molecule has 0 aliphatic rings. The molecule has 100 valence electrons. The maximum Gasteiger partial charge on any atom is 0.266 e. The zero-order chi connectivity index (χ0) is 14.0. The van der Waals surface area contributed by atoms with Gasteiger partial charge in [-0.1, -0.05) is 17.7 Å². The summed E-state index contributed by atoms with van der Waals surface area (Å²) in [4.78, 5) is 3.16. The number of pyridine rings is 1. The number of hydrogen-bond donors (Lipinski definition) is 2. The highest BCUT2D eigenvalue weighted by atomic mass is 35.5. The zero-order valence-electron chi connectivity index (χ0n) is 9.47. The summed E-state index contributed by atoms with van der Waals surface area (Å²) in [6, 6.07) is 6.77. The maximum absolute atomic E-state index is 13.8. The molecule has 3 N–H and O–H groups in total. The molecule has 0 aliphatic carbocycles. The van der Waals surface area contributed by atoms with Crippen molar-refractivity contribution in [3.8, 4) is 0 Å². The lowest BCUT2D eigenvalue weighted by molar-refractivity contribution is 0.570. The fourth-order valence-electron chi connectivity index (χ4n) is 1.40. The molecule has 0 atom stereocenters. The summed E-state index contributed by atoms with van der Waals surface area (Å²) in [5.74, 6) is -0.986. The van der Waals surface area contributed by atoms with Crippen LogP contribution in [0.3, 0.4) is 0 Å². The van der Waals surface area contributed by atoms with E-state index in [1.807, 2.05) is 0 Å². The number of nitrogens with two attached hydrogens (primary N) is 1. The number of nitrogens with zero attached hydrogens (tertiary/aromatic N) is 1. The molecule has 2 aromatic rings. The number of nitrogens with one attached hydrogen (secondary N) is 1. The Hall–Kier alpha value is -1.86. The van der Waals surface area contributed by atoms with Crippen molar-refractivity contribution in [1.82, 2.24) is 4.98 Å². The van der Waals surface area contributed by atoms with Gasteiger partial charge in [-0.3, -0.25) is 4.72 Å². The first kappa shape index (κ1) is 13.6. The van der Waals surface area contributed by atoms with Gasteiger partial charge in [-0.15, -0.1) is 0 Å². The smallest absolute Gasteiger partial charge is 0.266 e. The maximum atomic E-state index is 13.8. The number of aromatic nitrogens is 1. The third-order valence-corrected chi connectivity index (χ3v) is 3.84. The molecule has 8 heteroatoms. The summed E-state index contributed by atoms with van der Waals surface area (Å²) in [5.41, 5.74) is 5.51.